The maximum atomic E-state index is 5.30. The normalized spacial score (nSPS) is 28.8. The summed E-state index contributed by atoms with van der Waals surface area (Å²) in [4.78, 5) is 0. The second kappa shape index (κ2) is 6.42. The fourth-order valence-electron chi connectivity index (χ4n) is 3.34. The lowest BCUT2D eigenvalue weighted by Gasteiger charge is -2.37. The van der Waals surface area contributed by atoms with Crippen LogP contribution in [0.3, 0.4) is 0 Å². The Morgan fingerprint density at radius 1 is 1.39 bits per heavy atom. The summed E-state index contributed by atoms with van der Waals surface area (Å²) in [6.45, 7) is 9.13. The summed E-state index contributed by atoms with van der Waals surface area (Å²) < 4.78 is 5.30. The molecule has 18 heavy (non-hydrogen) atoms. The maximum Gasteiger partial charge on any atom is 0.0937 e. The van der Waals surface area contributed by atoms with Crippen LogP contribution in [0.4, 0.5) is 0 Å². The van der Waals surface area contributed by atoms with Crippen LogP contribution in [-0.2, 0) is 0 Å². The molecule has 1 aromatic rings. The Balaban J connectivity index is 2.06. The molecule has 102 valence electrons. The van der Waals surface area contributed by atoms with Crippen LogP contribution in [0.2, 0.25) is 0 Å². The predicted molar refractivity (Wildman–Crippen MR) is 75.7 cm³/mol. The Morgan fingerprint density at radius 2 is 2.22 bits per heavy atom. The van der Waals surface area contributed by atoms with Crippen LogP contribution in [0.1, 0.15) is 51.5 Å². The molecule has 1 fully saturated rings. The van der Waals surface area contributed by atoms with E-state index in [1.165, 1.54) is 24.8 Å². The minimum absolute atomic E-state index is 0.684. The maximum absolute atomic E-state index is 5.30. The van der Waals surface area contributed by atoms with E-state index in [4.69, 9.17) is 4.42 Å². The molecule has 2 heteroatoms. The third-order valence-corrected chi connectivity index (χ3v) is 4.60. The number of rotatable bonds is 5. The molecule has 1 heterocycles. The number of hydrogen-bond donors (Lipinski definition) is 1. The molecule has 1 aliphatic carbocycles. The molecule has 1 saturated carbocycles. The molecular weight excluding hydrogens is 222 g/mol. The van der Waals surface area contributed by atoms with E-state index in [9.17, 15) is 0 Å². The van der Waals surface area contributed by atoms with E-state index in [1.54, 1.807) is 0 Å². The highest BCUT2D eigenvalue weighted by Crippen LogP contribution is 2.42. The Bertz CT molecular complexity index is 331. The van der Waals surface area contributed by atoms with Crippen molar-refractivity contribution in [2.75, 3.05) is 13.1 Å². The molecular formula is C16H27NO. The Hall–Kier alpha value is -0.760. The lowest BCUT2D eigenvalue weighted by atomic mass is 9.68. The molecule has 2 nitrogen and oxygen atoms in total. The summed E-state index contributed by atoms with van der Waals surface area (Å²) >= 11 is 0. The lowest BCUT2D eigenvalue weighted by molar-refractivity contribution is 0.190. The average molecular weight is 249 g/mol. The number of furan rings is 1. The van der Waals surface area contributed by atoms with Crippen molar-refractivity contribution >= 4 is 0 Å². The van der Waals surface area contributed by atoms with E-state index in [1.807, 2.05) is 12.5 Å². The molecule has 1 N–H and O–H groups in total. The molecule has 3 atom stereocenters. The van der Waals surface area contributed by atoms with Gasteiger partial charge in [0.15, 0.2) is 0 Å². The van der Waals surface area contributed by atoms with Crippen LogP contribution >= 0.6 is 0 Å². The summed E-state index contributed by atoms with van der Waals surface area (Å²) in [5.74, 6) is 3.14. The van der Waals surface area contributed by atoms with Gasteiger partial charge < -0.3 is 9.73 Å². The lowest BCUT2D eigenvalue weighted by Crippen LogP contribution is -2.33. The van der Waals surface area contributed by atoms with Gasteiger partial charge in [0.1, 0.15) is 0 Å². The molecule has 1 aromatic heterocycles. The van der Waals surface area contributed by atoms with E-state index in [2.05, 4.69) is 32.2 Å². The Labute approximate surface area is 111 Å². The average Bonchev–Trinajstić information content (AvgIpc) is 2.89. The molecule has 0 aromatic carbocycles. The zero-order valence-corrected chi connectivity index (χ0v) is 12.0. The van der Waals surface area contributed by atoms with E-state index in [-0.39, 0.29) is 0 Å². The molecule has 0 spiro atoms. The smallest absolute Gasteiger partial charge is 0.0937 e. The van der Waals surface area contributed by atoms with Gasteiger partial charge in [-0.25, -0.2) is 0 Å². The first kappa shape index (κ1) is 13.7. The van der Waals surface area contributed by atoms with Gasteiger partial charge in [-0.05, 0) is 67.7 Å². The van der Waals surface area contributed by atoms with Gasteiger partial charge in [0, 0.05) is 0 Å². The highest BCUT2D eigenvalue weighted by molar-refractivity contribution is 5.15. The molecule has 0 saturated heterocycles. The van der Waals surface area contributed by atoms with Crippen molar-refractivity contribution in [1.29, 1.82) is 0 Å². The van der Waals surface area contributed by atoms with Gasteiger partial charge in [-0.2, -0.15) is 0 Å². The summed E-state index contributed by atoms with van der Waals surface area (Å²) in [6.07, 6.45) is 7.84. The van der Waals surface area contributed by atoms with Gasteiger partial charge in [-0.15, -0.1) is 0 Å². The van der Waals surface area contributed by atoms with E-state index < -0.39 is 0 Å². The molecule has 2 rings (SSSR count). The van der Waals surface area contributed by atoms with Gasteiger partial charge in [-0.3, -0.25) is 0 Å². The third kappa shape index (κ3) is 3.17. The molecule has 0 amide bonds. The first-order chi connectivity index (χ1) is 8.72. The van der Waals surface area contributed by atoms with Gasteiger partial charge in [0.25, 0.3) is 0 Å². The van der Waals surface area contributed by atoms with Crippen LogP contribution in [0.5, 0.6) is 0 Å². The van der Waals surface area contributed by atoms with Crippen LogP contribution < -0.4 is 5.32 Å². The fraction of sp³-hybridized carbons (Fsp3) is 0.750. The molecule has 0 bridgehead atoms. The second-order valence-corrected chi connectivity index (χ2v) is 6.05. The Morgan fingerprint density at radius 3 is 2.83 bits per heavy atom. The minimum atomic E-state index is 0.684. The molecule has 3 unspecified atom stereocenters. The van der Waals surface area contributed by atoms with Gasteiger partial charge in [0.05, 0.1) is 12.5 Å². The SMILES string of the molecule is CCNCC1CCC(C(C)C)CC1c1ccoc1. The second-order valence-electron chi connectivity index (χ2n) is 6.05. The fourth-order valence-corrected chi connectivity index (χ4v) is 3.34. The third-order valence-electron chi connectivity index (χ3n) is 4.60. The van der Waals surface area contributed by atoms with Crippen molar-refractivity contribution in [3.8, 4) is 0 Å². The largest absolute Gasteiger partial charge is 0.472 e. The quantitative estimate of drug-likeness (QED) is 0.851. The summed E-state index contributed by atoms with van der Waals surface area (Å²) in [7, 11) is 0. The van der Waals surface area contributed by atoms with Crippen molar-refractivity contribution in [2.24, 2.45) is 17.8 Å². The van der Waals surface area contributed by atoms with Gasteiger partial charge in [-0.1, -0.05) is 20.8 Å². The molecule has 1 aliphatic rings. The van der Waals surface area contributed by atoms with Crippen molar-refractivity contribution < 1.29 is 4.42 Å². The zero-order valence-electron chi connectivity index (χ0n) is 12.0. The van der Waals surface area contributed by atoms with Crippen LogP contribution in [0.15, 0.2) is 23.0 Å². The topological polar surface area (TPSA) is 25.2 Å². The highest BCUT2D eigenvalue weighted by atomic mass is 16.3. The van der Waals surface area contributed by atoms with Crippen molar-refractivity contribution in [3.63, 3.8) is 0 Å². The van der Waals surface area contributed by atoms with Gasteiger partial charge in [0.2, 0.25) is 0 Å². The highest BCUT2D eigenvalue weighted by Gasteiger charge is 2.32. The standard InChI is InChI=1S/C16H27NO/c1-4-17-10-14-6-5-13(12(2)3)9-16(14)15-7-8-18-11-15/h7-8,11-14,16-17H,4-6,9-10H2,1-3H3. The monoisotopic (exact) mass is 249 g/mol. The summed E-state index contributed by atoms with van der Waals surface area (Å²) in [5, 5.41) is 3.52. The van der Waals surface area contributed by atoms with Crippen molar-refractivity contribution in [3.05, 3.63) is 24.2 Å². The van der Waals surface area contributed by atoms with Crippen LogP contribution in [0.25, 0.3) is 0 Å². The predicted octanol–water partition coefficient (Wildman–Crippen LogP) is 4.05. The first-order valence-corrected chi connectivity index (χ1v) is 7.45. The van der Waals surface area contributed by atoms with Crippen molar-refractivity contribution in [1.82, 2.24) is 5.32 Å². The van der Waals surface area contributed by atoms with Crippen LogP contribution in [0, 0.1) is 17.8 Å². The van der Waals surface area contributed by atoms with Gasteiger partial charge >= 0.3 is 0 Å². The molecule has 0 aliphatic heterocycles. The van der Waals surface area contributed by atoms with E-state index in [0.717, 1.165) is 30.8 Å². The first-order valence-electron chi connectivity index (χ1n) is 7.45. The van der Waals surface area contributed by atoms with Crippen LogP contribution in [-0.4, -0.2) is 13.1 Å². The van der Waals surface area contributed by atoms with Crippen molar-refractivity contribution in [2.45, 2.75) is 46.0 Å². The summed E-state index contributed by atoms with van der Waals surface area (Å²) in [5.41, 5.74) is 1.41. The van der Waals surface area contributed by atoms with E-state index in [0.29, 0.717) is 5.92 Å². The molecule has 0 radical (unpaired) electrons. The van der Waals surface area contributed by atoms with E-state index >= 15 is 0 Å². The minimum Gasteiger partial charge on any atom is -0.472 e. The summed E-state index contributed by atoms with van der Waals surface area (Å²) in [6, 6.07) is 2.16. The zero-order chi connectivity index (χ0) is 13.0. The Kier molecular flexibility index (Phi) is 4.87. The number of nitrogens with one attached hydrogen (secondary N) is 1. The number of hydrogen-bond acceptors (Lipinski definition) is 2.